The van der Waals surface area contributed by atoms with Crippen LogP contribution < -0.4 is 0 Å². The van der Waals surface area contributed by atoms with Crippen LogP contribution in [-0.4, -0.2) is 35.0 Å². The van der Waals surface area contributed by atoms with E-state index in [2.05, 4.69) is 0 Å². The summed E-state index contributed by atoms with van der Waals surface area (Å²) in [6.45, 7) is 2.54. The molecule has 1 unspecified atom stereocenters. The predicted octanol–water partition coefficient (Wildman–Crippen LogP) is 2.66. The number of likely N-dealkylation sites (tertiary alicyclic amines) is 1. The third kappa shape index (κ3) is 3.28. The van der Waals surface area contributed by atoms with E-state index in [0.29, 0.717) is 37.4 Å². The lowest BCUT2D eigenvalue weighted by Crippen LogP contribution is -2.34. The molecule has 2 rings (SSSR count). The fourth-order valence-corrected chi connectivity index (χ4v) is 3.30. The molecule has 104 valence electrons. The van der Waals surface area contributed by atoms with Crippen LogP contribution in [0.2, 0.25) is 5.02 Å². The normalized spacial score (nSPS) is 22.7. The van der Waals surface area contributed by atoms with Gasteiger partial charge in [0.05, 0.1) is 10.4 Å². The molecule has 0 saturated carbocycles. The van der Waals surface area contributed by atoms with E-state index >= 15 is 0 Å². The lowest BCUT2D eigenvalue weighted by molar-refractivity contribution is -0.147. The summed E-state index contributed by atoms with van der Waals surface area (Å²) in [5, 5.41) is 11.7. The Hall–Kier alpha value is -1.07. The third-order valence-electron chi connectivity index (χ3n) is 3.55. The van der Waals surface area contributed by atoms with Crippen LogP contribution in [0.3, 0.4) is 0 Å². The molecule has 0 bridgehead atoms. The van der Waals surface area contributed by atoms with Gasteiger partial charge in [-0.25, -0.2) is 0 Å². The molecule has 0 aliphatic carbocycles. The van der Waals surface area contributed by atoms with Gasteiger partial charge in [0.25, 0.3) is 0 Å². The van der Waals surface area contributed by atoms with Gasteiger partial charge in [0.15, 0.2) is 0 Å². The molecular weight excluding hydrogens is 286 g/mol. The number of nitrogens with zero attached hydrogens (tertiary/aromatic N) is 1. The highest BCUT2D eigenvalue weighted by atomic mass is 35.5. The van der Waals surface area contributed by atoms with Crippen molar-refractivity contribution < 1.29 is 14.7 Å². The number of carboxylic acid groups (broad SMARTS) is 1. The number of thiophene rings is 1. The fraction of sp³-hybridized carbons (Fsp3) is 0.538. The summed E-state index contributed by atoms with van der Waals surface area (Å²) in [5.74, 6) is -0.803. The largest absolute Gasteiger partial charge is 0.481 e. The standard InChI is InChI=1S/C13H16ClNO3S/c1-13(12(17)18)4-5-15(8-13)11(16)3-2-10-6-9(14)7-19-10/h6-7H,2-5,8H2,1H3,(H,17,18). The number of amides is 1. The number of aryl methyl sites for hydroxylation is 1. The van der Waals surface area contributed by atoms with E-state index in [1.807, 2.05) is 11.4 Å². The van der Waals surface area contributed by atoms with Crippen LogP contribution in [0.1, 0.15) is 24.6 Å². The predicted molar refractivity (Wildman–Crippen MR) is 74.6 cm³/mol. The number of rotatable bonds is 4. The Morgan fingerprint density at radius 2 is 2.32 bits per heavy atom. The molecule has 1 saturated heterocycles. The van der Waals surface area contributed by atoms with Gasteiger partial charge in [-0.3, -0.25) is 9.59 Å². The molecule has 1 aromatic rings. The second-order valence-corrected chi connectivity index (χ2v) is 6.59. The van der Waals surface area contributed by atoms with Gasteiger partial charge in [0.1, 0.15) is 0 Å². The molecule has 6 heteroatoms. The van der Waals surface area contributed by atoms with Gasteiger partial charge in [0.2, 0.25) is 5.91 Å². The fourth-order valence-electron chi connectivity index (χ4n) is 2.22. The van der Waals surface area contributed by atoms with E-state index in [0.717, 1.165) is 4.88 Å². The Morgan fingerprint density at radius 1 is 1.58 bits per heavy atom. The molecule has 1 aliphatic rings. The summed E-state index contributed by atoms with van der Waals surface area (Å²) in [7, 11) is 0. The molecule has 1 amide bonds. The first-order valence-corrected chi connectivity index (χ1v) is 7.40. The molecule has 0 spiro atoms. The Bertz CT molecular complexity index is 502. The molecule has 1 aliphatic heterocycles. The second kappa shape index (κ2) is 5.51. The molecule has 1 aromatic heterocycles. The van der Waals surface area contributed by atoms with Crippen LogP contribution in [0.25, 0.3) is 0 Å². The van der Waals surface area contributed by atoms with Crippen LogP contribution >= 0.6 is 22.9 Å². The molecule has 1 N–H and O–H groups in total. The molecule has 1 atom stereocenters. The highest BCUT2D eigenvalue weighted by Gasteiger charge is 2.41. The van der Waals surface area contributed by atoms with Crippen molar-refractivity contribution >= 4 is 34.8 Å². The highest BCUT2D eigenvalue weighted by Crippen LogP contribution is 2.30. The van der Waals surface area contributed by atoms with Crippen molar-refractivity contribution in [1.82, 2.24) is 4.90 Å². The zero-order chi connectivity index (χ0) is 14.0. The smallest absolute Gasteiger partial charge is 0.311 e. The van der Waals surface area contributed by atoms with E-state index in [-0.39, 0.29) is 5.91 Å². The van der Waals surface area contributed by atoms with E-state index in [9.17, 15) is 9.59 Å². The molecular formula is C13H16ClNO3S. The summed E-state index contributed by atoms with van der Waals surface area (Å²) in [5.41, 5.74) is -0.790. The topological polar surface area (TPSA) is 57.6 Å². The van der Waals surface area contributed by atoms with Gasteiger partial charge in [-0.1, -0.05) is 11.6 Å². The number of carbonyl (C=O) groups is 2. The van der Waals surface area contributed by atoms with Gasteiger partial charge >= 0.3 is 5.97 Å². The average molecular weight is 302 g/mol. The van der Waals surface area contributed by atoms with Gasteiger partial charge in [0, 0.05) is 29.8 Å². The van der Waals surface area contributed by atoms with Gasteiger partial charge in [-0.15, -0.1) is 11.3 Å². The molecule has 4 nitrogen and oxygen atoms in total. The van der Waals surface area contributed by atoms with Crippen molar-refractivity contribution in [2.75, 3.05) is 13.1 Å². The van der Waals surface area contributed by atoms with Gasteiger partial charge < -0.3 is 10.0 Å². The van der Waals surface area contributed by atoms with Gasteiger partial charge in [-0.05, 0) is 25.8 Å². The third-order valence-corrected chi connectivity index (χ3v) is 4.89. The Balaban J connectivity index is 1.86. The molecule has 0 aromatic carbocycles. The number of carbonyl (C=O) groups excluding carboxylic acids is 1. The van der Waals surface area contributed by atoms with Crippen molar-refractivity contribution in [2.24, 2.45) is 5.41 Å². The van der Waals surface area contributed by atoms with Crippen LogP contribution in [0, 0.1) is 5.41 Å². The summed E-state index contributed by atoms with van der Waals surface area (Å²) in [4.78, 5) is 25.9. The first kappa shape index (κ1) is 14.3. The molecule has 0 radical (unpaired) electrons. The molecule has 19 heavy (non-hydrogen) atoms. The van der Waals surface area contributed by atoms with Gasteiger partial charge in [-0.2, -0.15) is 0 Å². The SMILES string of the molecule is CC1(C(=O)O)CCN(C(=O)CCc2cc(Cl)cs2)C1. The zero-order valence-corrected chi connectivity index (χ0v) is 12.3. The Labute approximate surface area is 121 Å². The van der Waals surface area contributed by atoms with Crippen molar-refractivity contribution in [3.05, 3.63) is 21.3 Å². The summed E-state index contributed by atoms with van der Waals surface area (Å²) in [6.07, 6.45) is 1.60. The summed E-state index contributed by atoms with van der Waals surface area (Å²) >= 11 is 7.37. The van der Waals surface area contributed by atoms with E-state index < -0.39 is 11.4 Å². The molecule has 1 fully saturated rings. The first-order valence-electron chi connectivity index (χ1n) is 6.15. The number of halogens is 1. The van der Waals surface area contributed by atoms with Crippen molar-refractivity contribution in [1.29, 1.82) is 0 Å². The van der Waals surface area contributed by atoms with Crippen molar-refractivity contribution in [3.63, 3.8) is 0 Å². The number of hydrogen-bond donors (Lipinski definition) is 1. The highest BCUT2D eigenvalue weighted by molar-refractivity contribution is 7.10. The average Bonchev–Trinajstić information content (AvgIpc) is 2.94. The van der Waals surface area contributed by atoms with E-state index in [1.165, 1.54) is 0 Å². The number of aliphatic carboxylic acids is 1. The van der Waals surface area contributed by atoms with Crippen molar-refractivity contribution in [3.8, 4) is 0 Å². The minimum atomic E-state index is -0.826. The second-order valence-electron chi connectivity index (χ2n) is 5.16. The maximum Gasteiger partial charge on any atom is 0.311 e. The maximum absolute atomic E-state index is 12.0. The van der Waals surface area contributed by atoms with Crippen LogP contribution in [0.5, 0.6) is 0 Å². The monoisotopic (exact) mass is 301 g/mol. The number of carboxylic acids is 1. The minimum absolute atomic E-state index is 0.0227. The maximum atomic E-state index is 12.0. The zero-order valence-electron chi connectivity index (χ0n) is 10.7. The van der Waals surface area contributed by atoms with Crippen LogP contribution in [0.15, 0.2) is 11.4 Å². The summed E-state index contributed by atoms with van der Waals surface area (Å²) in [6, 6.07) is 1.87. The Morgan fingerprint density at radius 3 is 2.84 bits per heavy atom. The van der Waals surface area contributed by atoms with Crippen LogP contribution in [0.4, 0.5) is 0 Å². The lowest BCUT2D eigenvalue weighted by atomic mass is 9.90. The quantitative estimate of drug-likeness (QED) is 0.930. The lowest BCUT2D eigenvalue weighted by Gasteiger charge is -2.20. The van der Waals surface area contributed by atoms with E-state index in [4.69, 9.17) is 16.7 Å². The van der Waals surface area contributed by atoms with E-state index in [1.54, 1.807) is 23.2 Å². The first-order chi connectivity index (χ1) is 8.90. The van der Waals surface area contributed by atoms with Crippen molar-refractivity contribution in [2.45, 2.75) is 26.2 Å². The Kier molecular flexibility index (Phi) is 4.16. The minimum Gasteiger partial charge on any atom is -0.481 e. The van der Waals surface area contributed by atoms with Crippen LogP contribution in [-0.2, 0) is 16.0 Å². The summed E-state index contributed by atoms with van der Waals surface area (Å²) < 4.78 is 0. The number of hydrogen-bond acceptors (Lipinski definition) is 3. The molecule has 2 heterocycles.